The SMILES string of the molecule is Cn1cc(C2CN(C(=O)c3cccc4cc[nH]c34)Cc3[nH]cnc32)cn1. The number of carbonyl (C=O) groups is 1. The molecule has 1 aromatic carbocycles. The Morgan fingerprint density at radius 1 is 1.27 bits per heavy atom. The summed E-state index contributed by atoms with van der Waals surface area (Å²) in [6.07, 6.45) is 7.41. The average molecular weight is 346 g/mol. The maximum Gasteiger partial charge on any atom is 0.256 e. The molecule has 1 unspecified atom stereocenters. The monoisotopic (exact) mass is 346 g/mol. The maximum absolute atomic E-state index is 13.3. The van der Waals surface area contributed by atoms with Gasteiger partial charge in [0, 0.05) is 42.9 Å². The molecule has 0 saturated carbocycles. The fraction of sp³-hybridized carbons (Fsp3) is 0.211. The van der Waals surface area contributed by atoms with Gasteiger partial charge in [-0.3, -0.25) is 9.48 Å². The Kier molecular flexibility index (Phi) is 3.21. The van der Waals surface area contributed by atoms with Crippen LogP contribution in [-0.2, 0) is 13.6 Å². The lowest BCUT2D eigenvalue weighted by Crippen LogP contribution is -2.38. The number of benzene rings is 1. The van der Waals surface area contributed by atoms with E-state index in [9.17, 15) is 4.79 Å². The van der Waals surface area contributed by atoms with E-state index in [4.69, 9.17) is 0 Å². The molecule has 0 saturated heterocycles. The van der Waals surface area contributed by atoms with Crippen LogP contribution in [0.4, 0.5) is 0 Å². The van der Waals surface area contributed by atoms with Crippen molar-refractivity contribution in [2.45, 2.75) is 12.5 Å². The van der Waals surface area contributed by atoms with E-state index in [-0.39, 0.29) is 11.8 Å². The summed E-state index contributed by atoms with van der Waals surface area (Å²) >= 11 is 0. The van der Waals surface area contributed by atoms with Crippen molar-refractivity contribution in [3.05, 3.63) is 71.7 Å². The van der Waals surface area contributed by atoms with Crippen LogP contribution in [0, 0.1) is 0 Å². The van der Waals surface area contributed by atoms with E-state index in [2.05, 4.69) is 20.1 Å². The number of fused-ring (bicyclic) bond motifs is 2. The first-order chi connectivity index (χ1) is 12.7. The predicted octanol–water partition coefficient (Wildman–Crippen LogP) is 2.41. The van der Waals surface area contributed by atoms with Gasteiger partial charge in [0.15, 0.2) is 0 Å². The van der Waals surface area contributed by atoms with E-state index in [1.165, 1.54) is 0 Å². The summed E-state index contributed by atoms with van der Waals surface area (Å²) in [5, 5.41) is 5.32. The molecule has 1 aliphatic rings. The minimum Gasteiger partial charge on any atom is -0.361 e. The first-order valence-electron chi connectivity index (χ1n) is 8.57. The first-order valence-corrected chi connectivity index (χ1v) is 8.57. The molecule has 130 valence electrons. The predicted molar refractivity (Wildman–Crippen MR) is 96.7 cm³/mol. The van der Waals surface area contributed by atoms with E-state index in [0.717, 1.165) is 27.9 Å². The molecule has 0 radical (unpaired) electrons. The molecule has 0 spiro atoms. The average Bonchev–Trinajstić information content (AvgIpc) is 3.39. The second-order valence-corrected chi connectivity index (χ2v) is 6.70. The normalized spacial score (nSPS) is 16.8. The lowest BCUT2D eigenvalue weighted by atomic mass is 9.92. The number of aromatic nitrogens is 5. The first kappa shape index (κ1) is 14.9. The fourth-order valence-electron chi connectivity index (χ4n) is 3.79. The Balaban J connectivity index is 1.54. The third-order valence-corrected chi connectivity index (χ3v) is 5.07. The van der Waals surface area contributed by atoms with Gasteiger partial charge in [0.1, 0.15) is 0 Å². The van der Waals surface area contributed by atoms with E-state index < -0.39 is 0 Å². The minimum absolute atomic E-state index is 0.0190. The second-order valence-electron chi connectivity index (χ2n) is 6.70. The number of rotatable bonds is 2. The number of para-hydroxylation sites is 1. The molecule has 1 atom stereocenters. The van der Waals surface area contributed by atoms with Crippen molar-refractivity contribution in [3.8, 4) is 0 Å². The van der Waals surface area contributed by atoms with Crippen molar-refractivity contribution in [2.75, 3.05) is 6.54 Å². The van der Waals surface area contributed by atoms with E-state index >= 15 is 0 Å². The number of hydrogen-bond donors (Lipinski definition) is 2. The molecule has 7 nitrogen and oxygen atoms in total. The maximum atomic E-state index is 13.3. The van der Waals surface area contributed by atoms with Crippen LogP contribution in [0.15, 0.2) is 49.2 Å². The van der Waals surface area contributed by atoms with Gasteiger partial charge in [-0.1, -0.05) is 12.1 Å². The number of imidazole rings is 1. The highest BCUT2D eigenvalue weighted by Crippen LogP contribution is 2.32. The Labute approximate surface area is 149 Å². The number of nitrogens with zero attached hydrogens (tertiary/aromatic N) is 4. The number of aromatic amines is 2. The van der Waals surface area contributed by atoms with Gasteiger partial charge in [-0.2, -0.15) is 5.10 Å². The molecule has 0 bridgehead atoms. The van der Waals surface area contributed by atoms with Crippen molar-refractivity contribution in [1.82, 2.24) is 29.6 Å². The van der Waals surface area contributed by atoms with Crippen molar-refractivity contribution >= 4 is 16.8 Å². The van der Waals surface area contributed by atoms with Crippen LogP contribution in [0.2, 0.25) is 0 Å². The summed E-state index contributed by atoms with van der Waals surface area (Å²) in [5.74, 6) is 0.0395. The van der Waals surface area contributed by atoms with Crippen LogP contribution < -0.4 is 0 Å². The Bertz CT molecular complexity index is 1100. The highest BCUT2D eigenvalue weighted by Gasteiger charge is 2.32. The quantitative estimate of drug-likeness (QED) is 0.585. The number of carbonyl (C=O) groups excluding carboxylic acids is 1. The molecule has 1 amide bonds. The topological polar surface area (TPSA) is 82.6 Å². The zero-order valence-corrected chi connectivity index (χ0v) is 14.3. The molecule has 5 rings (SSSR count). The second kappa shape index (κ2) is 5.59. The van der Waals surface area contributed by atoms with Gasteiger partial charge in [-0.15, -0.1) is 0 Å². The summed E-state index contributed by atoms with van der Waals surface area (Å²) in [5.41, 5.74) is 4.62. The zero-order valence-electron chi connectivity index (χ0n) is 14.3. The van der Waals surface area contributed by atoms with Gasteiger partial charge in [0.05, 0.1) is 41.5 Å². The van der Waals surface area contributed by atoms with E-state index in [1.807, 2.05) is 54.8 Å². The van der Waals surface area contributed by atoms with Gasteiger partial charge < -0.3 is 14.9 Å². The van der Waals surface area contributed by atoms with Crippen LogP contribution in [0.1, 0.15) is 33.2 Å². The van der Waals surface area contributed by atoms with Crippen molar-refractivity contribution in [1.29, 1.82) is 0 Å². The van der Waals surface area contributed by atoms with Crippen LogP contribution >= 0.6 is 0 Å². The number of H-pyrrole nitrogens is 2. The van der Waals surface area contributed by atoms with Crippen molar-refractivity contribution < 1.29 is 4.79 Å². The number of hydrogen-bond acceptors (Lipinski definition) is 3. The summed E-state index contributed by atoms with van der Waals surface area (Å²) < 4.78 is 1.78. The molecule has 0 aliphatic carbocycles. The molecule has 4 aromatic rings. The molecule has 1 aliphatic heterocycles. The molecule has 7 heteroatoms. The fourth-order valence-corrected chi connectivity index (χ4v) is 3.79. The molecular formula is C19H18N6O. The molecule has 3 aromatic heterocycles. The van der Waals surface area contributed by atoms with E-state index in [0.29, 0.717) is 18.7 Å². The smallest absolute Gasteiger partial charge is 0.256 e. The summed E-state index contributed by atoms with van der Waals surface area (Å²) in [6.45, 7) is 1.11. The number of nitrogens with one attached hydrogen (secondary N) is 2. The van der Waals surface area contributed by atoms with Crippen LogP contribution in [0.25, 0.3) is 10.9 Å². The van der Waals surface area contributed by atoms with Crippen molar-refractivity contribution in [3.63, 3.8) is 0 Å². The Morgan fingerprint density at radius 3 is 3.04 bits per heavy atom. The third kappa shape index (κ3) is 2.24. The van der Waals surface area contributed by atoms with Gasteiger partial charge in [-0.25, -0.2) is 4.98 Å². The van der Waals surface area contributed by atoms with Crippen LogP contribution in [0.5, 0.6) is 0 Å². The molecule has 2 N–H and O–H groups in total. The number of aryl methyl sites for hydroxylation is 1. The lowest BCUT2D eigenvalue weighted by molar-refractivity contribution is 0.0723. The van der Waals surface area contributed by atoms with Crippen LogP contribution in [-0.4, -0.2) is 42.1 Å². The van der Waals surface area contributed by atoms with Gasteiger partial charge in [-0.05, 0) is 12.1 Å². The van der Waals surface area contributed by atoms with Gasteiger partial charge in [0.25, 0.3) is 5.91 Å². The Morgan fingerprint density at radius 2 is 2.19 bits per heavy atom. The lowest BCUT2D eigenvalue weighted by Gasteiger charge is -2.31. The Hall–Kier alpha value is -3.35. The minimum atomic E-state index is 0.0190. The third-order valence-electron chi connectivity index (χ3n) is 5.07. The zero-order chi connectivity index (χ0) is 17.7. The van der Waals surface area contributed by atoms with Crippen LogP contribution in [0.3, 0.4) is 0 Å². The summed E-state index contributed by atoms with van der Waals surface area (Å²) in [4.78, 5) is 26.0. The van der Waals surface area contributed by atoms with E-state index in [1.54, 1.807) is 11.0 Å². The summed E-state index contributed by atoms with van der Waals surface area (Å²) in [6, 6.07) is 7.79. The number of amides is 1. The van der Waals surface area contributed by atoms with Gasteiger partial charge in [0.2, 0.25) is 0 Å². The molecule has 26 heavy (non-hydrogen) atoms. The summed E-state index contributed by atoms with van der Waals surface area (Å²) in [7, 11) is 1.90. The van der Waals surface area contributed by atoms with Crippen molar-refractivity contribution in [2.24, 2.45) is 7.05 Å². The largest absolute Gasteiger partial charge is 0.361 e. The molecule has 4 heterocycles. The highest BCUT2D eigenvalue weighted by molar-refractivity contribution is 6.05. The molecular weight excluding hydrogens is 328 g/mol. The standard InChI is InChI=1S/C19H18N6O/c1-24-8-13(7-23-24)15-9-25(10-16-18(15)22-11-21-16)19(26)14-4-2-3-12-5-6-20-17(12)14/h2-8,11,15,20H,9-10H2,1H3,(H,21,22). The molecule has 0 fully saturated rings. The van der Waals surface area contributed by atoms with Gasteiger partial charge >= 0.3 is 0 Å². The highest BCUT2D eigenvalue weighted by atomic mass is 16.2.